The van der Waals surface area contributed by atoms with Crippen LogP contribution in [0.2, 0.25) is 0 Å². The van der Waals surface area contributed by atoms with Crippen LogP contribution in [0.3, 0.4) is 0 Å². The number of para-hydroxylation sites is 1. The minimum absolute atomic E-state index is 0.0254. The number of benzene rings is 2. The molecule has 1 N–H and O–H groups in total. The molecule has 2 amide bonds. The summed E-state index contributed by atoms with van der Waals surface area (Å²) >= 11 is 1.62. The van der Waals surface area contributed by atoms with Gasteiger partial charge in [-0.2, -0.15) is 0 Å². The van der Waals surface area contributed by atoms with E-state index < -0.39 is 0 Å². The summed E-state index contributed by atoms with van der Waals surface area (Å²) < 4.78 is 1.14. The molecule has 3 aromatic rings. The Balaban J connectivity index is 1.21. The van der Waals surface area contributed by atoms with Crippen LogP contribution in [0.1, 0.15) is 29.8 Å². The predicted molar refractivity (Wildman–Crippen MR) is 116 cm³/mol. The number of amides is 2. The third-order valence-corrected chi connectivity index (χ3v) is 6.48. The van der Waals surface area contributed by atoms with Crippen LogP contribution >= 0.6 is 11.3 Å². The van der Waals surface area contributed by atoms with Crippen LogP contribution in [-0.4, -0.2) is 34.8 Å². The normalized spacial score (nSPS) is 14.8. The molecule has 1 saturated heterocycles. The van der Waals surface area contributed by atoms with Crippen molar-refractivity contribution in [3.63, 3.8) is 0 Å². The maximum atomic E-state index is 12.5. The number of thiazole rings is 1. The first-order chi connectivity index (χ1) is 14.2. The molecule has 5 nitrogen and oxygen atoms in total. The van der Waals surface area contributed by atoms with Gasteiger partial charge >= 0.3 is 0 Å². The highest BCUT2D eigenvalue weighted by Gasteiger charge is 2.27. The summed E-state index contributed by atoms with van der Waals surface area (Å²) in [7, 11) is 0. The van der Waals surface area contributed by atoms with Gasteiger partial charge in [0.1, 0.15) is 5.01 Å². The lowest BCUT2D eigenvalue weighted by Crippen LogP contribution is -2.43. The Hall–Kier alpha value is -2.73. The van der Waals surface area contributed by atoms with E-state index in [4.69, 9.17) is 0 Å². The van der Waals surface area contributed by atoms with Gasteiger partial charge in [-0.15, -0.1) is 11.3 Å². The first kappa shape index (κ1) is 19.6. The van der Waals surface area contributed by atoms with Crippen molar-refractivity contribution in [1.29, 1.82) is 0 Å². The molecule has 1 fully saturated rings. The molecular formula is C23H25N3O2S. The molecule has 29 heavy (non-hydrogen) atoms. The molecule has 6 heteroatoms. The van der Waals surface area contributed by atoms with Crippen LogP contribution in [-0.2, 0) is 22.6 Å². The number of aromatic nitrogens is 1. The van der Waals surface area contributed by atoms with Gasteiger partial charge < -0.3 is 10.2 Å². The Morgan fingerprint density at radius 3 is 2.52 bits per heavy atom. The number of hydrogen-bond donors (Lipinski definition) is 1. The molecule has 0 aliphatic carbocycles. The molecule has 0 unspecified atom stereocenters. The van der Waals surface area contributed by atoms with E-state index in [1.807, 2.05) is 47.4 Å². The van der Waals surface area contributed by atoms with Crippen LogP contribution in [0, 0.1) is 5.92 Å². The molecule has 150 valence electrons. The summed E-state index contributed by atoms with van der Waals surface area (Å²) in [6, 6.07) is 18.1. The highest BCUT2D eigenvalue weighted by Crippen LogP contribution is 2.22. The molecule has 2 heterocycles. The van der Waals surface area contributed by atoms with E-state index in [9.17, 15) is 9.59 Å². The third kappa shape index (κ3) is 5.01. The second kappa shape index (κ2) is 9.18. The highest BCUT2D eigenvalue weighted by molar-refractivity contribution is 7.18. The third-order valence-electron chi connectivity index (χ3n) is 5.44. The Bertz CT molecular complexity index is 945. The second-order valence-electron chi connectivity index (χ2n) is 7.43. The molecule has 1 aromatic heterocycles. The van der Waals surface area contributed by atoms with E-state index in [1.54, 1.807) is 11.3 Å². The van der Waals surface area contributed by atoms with Crippen LogP contribution in [0.4, 0.5) is 0 Å². The minimum Gasteiger partial charge on any atom is -0.349 e. The van der Waals surface area contributed by atoms with Gasteiger partial charge in [-0.05, 0) is 37.0 Å². The fraction of sp³-hybridized carbons (Fsp3) is 0.348. The Kier molecular flexibility index (Phi) is 6.20. The lowest BCUT2D eigenvalue weighted by molar-refractivity contribution is -0.135. The Morgan fingerprint density at radius 1 is 1.03 bits per heavy atom. The first-order valence-corrected chi connectivity index (χ1v) is 10.9. The van der Waals surface area contributed by atoms with E-state index in [0.717, 1.165) is 34.5 Å². The average molecular weight is 408 g/mol. The zero-order chi connectivity index (χ0) is 20.1. The maximum absolute atomic E-state index is 12.5. The lowest BCUT2D eigenvalue weighted by atomic mass is 9.95. The number of nitrogens with zero attached hydrogens (tertiary/aromatic N) is 2. The first-order valence-electron chi connectivity index (χ1n) is 10.1. The molecular weight excluding hydrogens is 382 g/mol. The van der Waals surface area contributed by atoms with E-state index >= 15 is 0 Å². The predicted octanol–water partition coefficient (Wildman–Crippen LogP) is 3.78. The van der Waals surface area contributed by atoms with Crippen molar-refractivity contribution in [3.8, 4) is 0 Å². The van der Waals surface area contributed by atoms with Crippen molar-refractivity contribution in [2.24, 2.45) is 5.92 Å². The standard InChI is InChI=1S/C23H25N3O2S/c27-22(11-10-17-6-2-1-3-7-17)26-14-12-18(13-15-26)23(28)24-16-21-25-19-8-4-5-9-20(19)29-21/h1-9,18H,10-16H2,(H,24,28). The maximum Gasteiger partial charge on any atom is 0.223 e. The molecule has 0 radical (unpaired) electrons. The van der Waals surface area contributed by atoms with Crippen LogP contribution < -0.4 is 5.32 Å². The van der Waals surface area contributed by atoms with Crippen molar-refractivity contribution in [2.75, 3.05) is 13.1 Å². The van der Waals surface area contributed by atoms with Gasteiger partial charge in [-0.25, -0.2) is 4.98 Å². The Labute approximate surface area is 174 Å². The number of carbonyl (C=O) groups excluding carboxylic acids is 2. The Morgan fingerprint density at radius 2 is 1.76 bits per heavy atom. The monoisotopic (exact) mass is 407 g/mol. The number of fused-ring (bicyclic) bond motifs is 1. The summed E-state index contributed by atoms with van der Waals surface area (Å²) in [4.78, 5) is 31.5. The van der Waals surface area contributed by atoms with Gasteiger partial charge in [0.2, 0.25) is 11.8 Å². The minimum atomic E-state index is -0.0254. The number of carbonyl (C=O) groups is 2. The number of aryl methyl sites for hydroxylation is 1. The van der Waals surface area contributed by atoms with Gasteiger partial charge in [0.15, 0.2) is 0 Å². The number of piperidine rings is 1. The summed E-state index contributed by atoms with van der Waals surface area (Å²) in [5.41, 5.74) is 2.16. The molecule has 0 spiro atoms. The van der Waals surface area contributed by atoms with E-state index in [2.05, 4.69) is 22.4 Å². The van der Waals surface area contributed by atoms with Crippen molar-refractivity contribution in [2.45, 2.75) is 32.2 Å². The molecule has 4 rings (SSSR count). The SMILES string of the molecule is O=C(NCc1nc2ccccc2s1)C1CCN(C(=O)CCc2ccccc2)CC1. The molecule has 0 bridgehead atoms. The second-order valence-corrected chi connectivity index (χ2v) is 8.55. The van der Waals surface area contributed by atoms with E-state index in [1.165, 1.54) is 5.56 Å². The van der Waals surface area contributed by atoms with Crippen molar-refractivity contribution < 1.29 is 9.59 Å². The van der Waals surface area contributed by atoms with Gasteiger partial charge in [-0.1, -0.05) is 42.5 Å². The molecule has 2 aromatic carbocycles. The summed E-state index contributed by atoms with van der Waals surface area (Å²) in [5, 5.41) is 3.95. The fourth-order valence-corrected chi connectivity index (χ4v) is 4.65. The summed E-state index contributed by atoms with van der Waals surface area (Å²) in [5.74, 6) is 0.227. The van der Waals surface area contributed by atoms with Gasteiger partial charge in [-0.3, -0.25) is 9.59 Å². The summed E-state index contributed by atoms with van der Waals surface area (Å²) in [6.45, 7) is 1.79. The largest absolute Gasteiger partial charge is 0.349 e. The quantitative estimate of drug-likeness (QED) is 0.676. The highest BCUT2D eigenvalue weighted by atomic mass is 32.1. The topological polar surface area (TPSA) is 62.3 Å². The molecule has 0 atom stereocenters. The fourth-order valence-electron chi connectivity index (χ4n) is 3.75. The van der Waals surface area contributed by atoms with E-state index in [0.29, 0.717) is 26.1 Å². The lowest BCUT2D eigenvalue weighted by Gasteiger charge is -2.31. The van der Waals surface area contributed by atoms with Crippen LogP contribution in [0.25, 0.3) is 10.2 Å². The van der Waals surface area contributed by atoms with E-state index in [-0.39, 0.29) is 17.7 Å². The smallest absolute Gasteiger partial charge is 0.223 e. The molecule has 1 aliphatic heterocycles. The number of hydrogen-bond acceptors (Lipinski definition) is 4. The number of likely N-dealkylation sites (tertiary alicyclic amines) is 1. The van der Waals surface area contributed by atoms with Gasteiger partial charge in [0, 0.05) is 25.4 Å². The van der Waals surface area contributed by atoms with Crippen LogP contribution in [0.15, 0.2) is 54.6 Å². The van der Waals surface area contributed by atoms with Gasteiger partial charge in [0.25, 0.3) is 0 Å². The van der Waals surface area contributed by atoms with Crippen molar-refractivity contribution in [1.82, 2.24) is 15.2 Å². The number of rotatable bonds is 6. The number of nitrogens with one attached hydrogen (secondary N) is 1. The van der Waals surface area contributed by atoms with Crippen molar-refractivity contribution in [3.05, 3.63) is 65.2 Å². The van der Waals surface area contributed by atoms with Gasteiger partial charge in [0.05, 0.1) is 16.8 Å². The van der Waals surface area contributed by atoms with Crippen molar-refractivity contribution >= 4 is 33.4 Å². The summed E-state index contributed by atoms with van der Waals surface area (Å²) in [6.07, 6.45) is 2.74. The molecule has 0 saturated carbocycles. The molecule has 1 aliphatic rings. The van der Waals surface area contributed by atoms with Crippen LogP contribution in [0.5, 0.6) is 0 Å². The zero-order valence-corrected chi connectivity index (χ0v) is 17.2. The average Bonchev–Trinajstić information content (AvgIpc) is 3.20. The zero-order valence-electron chi connectivity index (χ0n) is 16.3.